The molecule has 0 atom stereocenters. The van der Waals surface area contributed by atoms with Crippen molar-refractivity contribution >= 4 is 45.0 Å². The average Bonchev–Trinajstić information content (AvgIpc) is 2.91. The molecule has 0 unspecified atom stereocenters. The van der Waals surface area contributed by atoms with Crippen LogP contribution in [0.15, 0.2) is 27.8 Å². The number of nitrogens with one attached hydrogen (secondary N) is 1. The summed E-state index contributed by atoms with van der Waals surface area (Å²) >= 11 is 9.39. The molecule has 20 heavy (non-hydrogen) atoms. The molecule has 1 fully saturated rings. The largest absolute Gasteiger partial charge is 0.409 e. The van der Waals surface area contributed by atoms with Crippen molar-refractivity contribution in [3.8, 4) is 0 Å². The SMILES string of the molecule is NC(=NO)C1(C(=O)Nc2ccc(Br)cc2Cl)CCCC1. The lowest BCUT2D eigenvalue weighted by molar-refractivity contribution is -0.122. The number of anilines is 1. The van der Waals surface area contributed by atoms with E-state index in [4.69, 9.17) is 22.5 Å². The summed E-state index contributed by atoms with van der Waals surface area (Å²) in [6.45, 7) is 0. The number of carbonyl (C=O) groups excluding carboxylic acids is 1. The number of amidine groups is 1. The zero-order valence-corrected chi connectivity index (χ0v) is 13.0. The fraction of sp³-hybridized carbons (Fsp3) is 0.385. The summed E-state index contributed by atoms with van der Waals surface area (Å²) in [4.78, 5) is 12.5. The molecule has 0 radical (unpaired) electrons. The van der Waals surface area contributed by atoms with Crippen LogP contribution >= 0.6 is 27.5 Å². The first kappa shape index (κ1) is 15.1. The molecule has 0 spiro atoms. The summed E-state index contributed by atoms with van der Waals surface area (Å²) in [7, 11) is 0. The summed E-state index contributed by atoms with van der Waals surface area (Å²) in [5, 5.41) is 15.2. The highest BCUT2D eigenvalue weighted by Crippen LogP contribution is 2.40. The lowest BCUT2D eigenvalue weighted by atomic mass is 9.83. The summed E-state index contributed by atoms with van der Waals surface area (Å²) in [6, 6.07) is 5.19. The van der Waals surface area contributed by atoms with E-state index in [0.29, 0.717) is 23.6 Å². The number of amides is 1. The Morgan fingerprint density at radius 3 is 2.65 bits per heavy atom. The van der Waals surface area contributed by atoms with Crippen LogP contribution in [0.25, 0.3) is 0 Å². The van der Waals surface area contributed by atoms with Gasteiger partial charge in [0.05, 0.1) is 10.7 Å². The van der Waals surface area contributed by atoms with Crippen molar-refractivity contribution in [2.24, 2.45) is 16.3 Å². The van der Waals surface area contributed by atoms with Crippen LogP contribution in [0.1, 0.15) is 25.7 Å². The molecule has 0 aromatic heterocycles. The number of nitrogens with zero attached hydrogens (tertiary/aromatic N) is 1. The van der Waals surface area contributed by atoms with Gasteiger partial charge in [-0.3, -0.25) is 4.79 Å². The highest BCUT2D eigenvalue weighted by molar-refractivity contribution is 9.10. The van der Waals surface area contributed by atoms with E-state index < -0.39 is 5.41 Å². The number of rotatable bonds is 3. The predicted octanol–water partition coefficient (Wildman–Crippen LogP) is 3.35. The third-order valence-electron chi connectivity index (χ3n) is 3.67. The topological polar surface area (TPSA) is 87.7 Å². The quantitative estimate of drug-likeness (QED) is 0.334. The van der Waals surface area contributed by atoms with Gasteiger partial charge in [-0.2, -0.15) is 0 Å². The fourth-order valence-corrected chi connectivity index (χ4v) is 3.23. The van der Waals surface area contributed by atoms with Gasteiger partial charge in [0, 0.05) is 4.47 Å². The van der Waals surface area contributed by atoms with Gasteiger partial charge in [0.15, 0.2) is 5.84 Å². The minimum absolute atomic E-state index is 0.0410. The van der Waals surface area contributed by atoms with Gasteiger partial charge < -0.3 is 16.3 Å². The normalized spacial score (nSPS) is 18.0. The Kier molecular flexibility index (Phi) is 4.55. The molecule has 0 aliphatic heterocycles. The van der Waals surface area contributed by atoms with Gasteiger partial charge in [-0.05, 0) is 31.0 Å². The Hall–Kier alpha value is -1.27. The molecule has 0 bridgehead atoms. The van der Waals surface area contributed by atoms with E-state index in [1.807, 2.05) is 0 Å². The Balaban J connectivity index is 2.26. The first-order valence-electron chi connectivity index (χ1n) is 6.24. The number of nitrogens with two attached hydrogens (primary N) is 1. The van der Waals surface area contributed by atoms with Crippen molar-refractivity contribution < 1.29 is 10.0 Å². The average molecular weight is 361 g/mol. The molecule has 0 heterocycles. The standard InChI is InChI=1S/C13H15BrClN3O2/c14-8-3-4-10(9(15)7-8)17-12(19)13(11(16)18-20)5-1-2-6-13/h3-4,7,20H,1-2,5-6H2,(H2,16,18)(H,17,19). The van der Waals surface area contributed by atoms with E-state index in [9.17, 15) is 4.79 Å². The maximum Gasteiger partial charge on any atom is 0.238 e. The van der Waals surface area contributed by atoms with Gasteiger partial charge in [-0.15, -0.1) is 0 Å². The molecular formula is C13H15BrClN3O2. The number of carbonyl (C=O) groups is 1. The molecule has 1 aromatic carbocycles. The summed E-state index contributed by atoms with van der Waals surface area (Å²) in [5.74, 6) is -0.324. The maximum atomic E-state index is 12.5. The third kappa shape index (κ3) is 2.76. The third-order valence-corrected chi connectivity index (χ3v) is 4.48. The van der Waals surface area contributed by atoms with Crippen molar-refractivity contribution in [3.63, 3.8) is 0 Å². The first-order valence-corrected chi connectivity index (χ1v) is 7.41. The van der Waals surface area contributed by atoms with Gasteiger partial charge in [0.2, 0.25) is 5.91 Å². The van der Waals surface area contributed by atoms with Gasteiger partial charge >= 0.3 is 0 Å². The van der Waals surface area contributed by atoms with Crippen LogP contribution in [-0.2, 0) is 4.79 Å². The maximum absolute atomic E-state index is 12.5. The molecule has 4 N–H and O–H groups in total. The highest BCUT2D eigenvalue weighted by atomic mass is 79.9. The van der Waals surface area contributed by atoms with Crippen LogP contribution < -0.4 is 11.1 Å². The highest BCUT2D eigenvalue weighted by Gasteiger charge is 2.45. The first-order chi connectivity index (χ1) is 9.49. The number of benzene rings is 1. The zero-order chi connectivity index (χ0) is 14.8. The number of halogens is 2. The van der Waals surface area contributed by atoms with Crippen LogP contribution in [0.3, 0.4) is 0 Å². The predicted molar refractivity (Wildman–Crippen MR) is 82.1 cm³/mol. The molecule has 1 aliphatic carbocycles. The summed E-state index contributed by atoms with van der Waals surface area (Å²) in [5.41, 5.74) is 5.30. The van der Waals surface area contributed by atoms with E-state index in [-0.39, 0.29) is 11.7 Å². The lowest BCUT2D eigenvalue weighted by Crippen LogP contribution is -2.45. The number of oxime groups is 1. The Bertz CT molecular complexity index is 557. The fourth-order valence-electron chi connectivity index (χ4n) is 2.51. The summed E-state index contributed by atoms with van der Waals surface area (Å²) < 4.78 is 0.826. The molecule has 1 aromatic rings. The van der Waals surface area contributed by atoms with Crippen LogP contribution in [0.4, 0.5) is 5.69 Å². The van der Waals surface area contributed by atoms with Crippen LogP contribution in [0, 0.1) is 5.41 Å². The molecule has 1 aliphatic rings. The van der Waals surface area contributed by atoms with Gasteiger partial charge in [0.25, 0.3) is 0 Å². The van der Waals surface area contributed by atoms with Crippen molar-refractivity contribution in [1.82, 2.24) is 0 Å². The van der Waals surface area contributed by atoms with Crippen molar-refractivity contribution in [2.75, 3.05) is 5.32 Å². The molecule has 2 rings (SSSR count). The van der Waals surface area contributed by atoms with Crippen LogP contribution in [0.2, 0.25) is 5.02 Å². The lowest BCUT2D eigenvalue weighted by Gasteiger charge is -2.26. The summed E-state index contributed by atoms with van der Waals surface area (Å²) in [6.07, 6.45) is 2.89. The van der Waals surface area contributed by atoms with E-state index in [1.165, 1.54) is 0 Å². The molecule has 0 saturated heterocycles. The van der Waals surface area contributed by atoms with Gasteiger partial charge in [-0.25, -0.2) is 0 Å². The smallest absolute Gasteiger partial charge is 0.238 e. The Morgan fingerprint density at radius 1 is 1.45 bits per heavy atom. The molecule has 108 valence electrons. The Labute approximate surface area is 130 Å². The van der Waals surface area contributed by atoms with Crippen LogP contribution in [0.5, 0.6) is 0 Å². The molecule has 1 saturated carbocycles. The minimum atomic E-state index is -0.939. The molecular weight excluding hydrogens is 346 g/mol. The van der Waals surface area contributed by atoms with Crippen molar-refractivity contribution in [1.29, 1.82) is 0 Å². The van der Waals surface area contributed by atoms with Crippen molar-refractivity contribution in [2.45, 2.75) is 25.7 Å². The second kappa shape index (κ2) is 6.01. The zero-order valence-electron chi connectivity index (χ0n) is 10.7. The number of hydrogen-bond acceptors (Lipinski definition) is 3. The molecule has 1 amide bonds. The second-order valence-corrected chi connectivity index (χ2v) is 6.18. The van der Waals surface area contributed by atoms with E-state index in [0.717, 1.165) is 17.3 Å². The number of hydrogen-bond donors (Lipinski definition) is 3. The van der Waals surface area contributed by atoms with E-state index >= 15 is 0 Å². The van der Waals surface area contributed by atoms with Crippen molar-refractivity contribution in [3.05, 3.63) is 27.7 Å². The molecule has 7 heteroatoms. The second-order valence-electron chi connectivity index (χ2n) is 4.85. The molecule has 5 nitrogen and oxygen atoms in total. The van der Waals surface area contributed by atoms with Gasteiger partial charge in [0.1, 0.15) is 5.41 Å². The van der Waals surface area contributed by atoms with E-state index in [1.54, 1.807) is 18.2 Å². The van der Waals surface area contributed by atoms with Gasteiger partial charge in [-0.1, -0.05) is 45.5 Å². The Morgan fingerprint density at radius 2 is 2.10 bits per heavy atom. The monoisotopic (exact) mass is 359 g/mol. The van der Waals surface area contributed by atoms with E-state index in [2.05, 4.69) is 26.4 Å². The van der Waals surface area contributed by atoms with Crippen LogP contribution in [-0.4, -0.2) is 17.0 Å². The minimum Gasteiger partial charge on any atom is -0.409 e.